The molecule has 7 heteroatoms. The molecule has 0 saturated carbocycles. The molecule has 5 aromatic rings. The normalized spacial score (nSPS) is 11.4. The minimum Gasteiger partial charge on any atom is -0.316 e. The van der Waals surface area contributed by atoms with Gasteiger partial charge in [0.2, 0.25) is 0 Å². The Bertz CT molecular complexity index is 1250. The topological polar surface area (TPSA) is 50.7 Å². The molecular weight excluding hydrogens is 416 g/mol. The molecule has 0 unspecified atom stereocenters. The molecule has 0 saturated heterocycles. The number of nitrogens with zero attached hydrogens (tertiary/aromatic N) is 3. The van der Waals surface area contributed by atoms with Gasteiger partial charge in [-0.25, -0.2) is 15.0 Å². The van der Waals surface area contributed by atoms with E-state index in [0.717, 1.165) is 32.4 Å². The molecule has 0 radical (unpaired) electrons. The molecule has 4 aromatic heterocycles. The number of hydrogen-bond donors (Lipinski definition) is 1. The number of nitrogens with one attached hydrogen (secondary N) is 1. The van der Waals surface area contributed by atoms with Gasteiger partial charge in [-0.1, -0.05) is 44.2 Å². The summed E-state index contributed by atoms with van der Waals surface area (Å²) in [6.45, 7) is 4.42. The summed E-state index contributed by atoms with van der Waals surface area (Å²) in [5.41, 5.74) is 4.66. The van der Waals surface area contributed by atoms with E-state index in [1.54, 1.807) is 40.3 Å². The van der Waals surface area contributed by atoms with Crippen molar-refractivity contribution in [3.05, 3.63) is 64.4 Å². The first-order valence-electron chi connectivity index (χ1n) is 9.28. The zero-order valence-electron chi connectivity index (χ0n) is 15.9. The summed E-state index contributed by atoms with van der Waals surface area (Å²) >= 11 is 4.92. The van der Waals surface area contributed by atoms with Crippen molar-refractivity contribution < 1.29 is 0 Å². The number of rotatable bonds is 5. The van der Waals surface area contributed by atoms with E-state index in [1.807, 2.05) is 6.07 Å². The average molecular weight is 435 g/mol. The van der Waals surface area contributed by atoms with Crippen LogP contribution in [0.15, 0.2) is 58.9 Å². The van der Waals surface area contributed by atoms with Crippen LogP contribution in [0.5, 0.6) is 0 Å². The molecule has 0 amide bonds. The lowest BCUT2D eigenvalue weighted by Crippen LogP contribution is -1.95. The maximum atomic E-state index is 4.73. The number of anilines is 2. The van der Waals surface area contributed by atoms with Gasteiger partial charge in [0, 0.05) is 16.3 Å². The fourth-order valence-corrected chi connectivity index (χ4v) is 5.59. The Morgan fingerprint density at radius 2 is 1.79 bits per heavy atom. The Morgan fingerprint density at radius 3 is 2.55 bits per heavy atom. The Hall–Kier alpha value is -2.61. The van der Waals surface area contributed by atoms with Crippen LogP contribution in [-0.2, 0) is 0 Å². The van der Waals surface area contributed by atoms with E-state index in [-0.39, 0.29) is 0 Å². The fraction of sp³-hybridized carbons (Fsp3) is 0.136. The van der Waals surface area contributed by atoms with E-state index in [9.17, 15) is 0 Å². The van der Waals surface area contributed by atoms with E-state index < -0.39 is 0 Å². The predicted molar refractivity (Wildman–Crippen MR) is 126 cm³/mol. The number of hydrogen-bond acceptors (Lipinski definition) is 7. The van der Waals surface area contributed by atoms with Crippen LogP contribution in [0.25, 0.3) is 31.9 Å². The van der Waals surface area contributed by atoms with Crippen molar-refractivity contribution in [3.63, 3.8) is 0 Å². The molecule has 4 nitrogen and oxygen atoms in total. The highest BCUT2D eigenvalue weighted by molar-refractivity contribution is 7.17. The SMILES string of the molecule is CC(C)c1ccc(-c2csc3ncnc(Nc4nc(-c5cccs5)cs4)c23)cc1. The third-order valence-corrected chi connectivity index (χ3v) is 7.30. The summed E-state index contributed by atoms with van der Waals surface area (Å²) in [6.07, 6.45) is 1.61. The van der Waals surface area contributed by atoms with Gasteiger partial charge < -0.3 is 5.32 Å². The molecule has 0 fully saturated rings. The van der Waals surface area contributed by atoms with Crippen LogP contribution < -0.4 is 5.32 Å². The number of thiophene rings is 2. The van der Waals surface area contributed by atoms with Gasteiger partial charge in [0.05, 0.1) is 16.0 Å². The summed E-state index contributed by atoms with van der Waals surface area (Å²) in [4.78, 5) is 15.9. The molecule has 5 rings (SSSR count). The third kappa shape index (κ3) is 3.57. The second-order valence-electron chi connectivity index (χ2n) is 6.97. The van der Waals surface area contributed by atoms with Gasteiger partial charge in [0.25, 0.3) is 0 Å². The van der Waals surface area contributed by atoms with Crippen LogP contribution in [0, 0.1) is 0 Å². The van der Waals surface area contributed by atoms with Crippen molar-refractivity contribution in [1.82, 2.24) is 15.0 Å². The molecule has 29 heavy (non-hydrogen) atoms. The van der Waals surface area contributed by atoms with Crippen LogP contribution in [0.3, 0.4) is 0 Å². The second kappa shape index (κ2) is 7.67. The average Bonchev–Trinajstić information content (AvgIpc) is 3.48. The smallest absolute Gasteiger partial charge is 0.188 e. The zero-order chi connectivity index (χ0) is 19.8. The molecule has 1 aromatic carbocycles. The number of thiazole rings is 1. The first-order chi connectivity index (χ1) is 14.2. The lowest BCUT2D eigenvalue weighted by atomic mass is 9.99. The molecule has 0 atom stereocenters. The standard InChI is InChI=1S/C22H18N4S3/c1-13(2)14-5-7-15(8-6-14)16-10-28-21-19(16)20(23-12-24-21)26-22-25-17(11-29-22)18-4-3-9-27-18/h3-13H,1-2H3,(H,23,24,25,26). The summed E-state index contributed by atoms with van der Waals surface area (Å²) in [5.74, 6) is 1.32. The lowest BCUT2D eigenvalue weighted by molar-refractivity contribution is 0.867. The van der Waals surface area contributed by atoms with Crippen molar-refractivity contribution >= 4 is 55.2 Å². The van der Waals surface area contributed by atoms with Crippen molar-refractivity contribution in [2.45, 2.75) is 19.8 Å². The summed E-state index contributed by atoms with van der Waals surface area (Å²) in [5, 5.41) is 11.6. The monoisotopic (exact) mass is 434 g/mol. The highest BCUT2D eigenvalue weighted by atomic mass is 32.1. The first kappa shape index (κ1) is 18.4. The van der Waals surface area contributed by atoms with Crippen LogP contribution in [0.4, 0.5) is 10.9 Å². The van der Waals surface area contributed by atoms with Gasteiger partial charge >= 0.3 is 0 Å². The number of aromatic nitrogens is 3. The summed E-state index contributed by atoms with van der Waals surface area (Å²) in [6, 6.07) is 12.9. The van der Waals surface area contributed by atoms with Gasteiger partial charge in [-0.05, 0) is 28.5 Å². The van der Waals surface area contributed by atoms with Gasteiger partial charge in [-0.2, -0.15) is 0 Å². The molecule has 4 heterocycles. The fourth-order valence-electron chi connectivity index (χ4n) is 3.20. The minimum absolute atomic E-state index is 0.520. The number of benzene rings is 1. The summed E-state index contributed by atoms with van der Waals surface area (Å²) < 4.78 is 0. The van der Waals surface area contributed by atoms with Crippen LogP contribution >= 0.6 is 34.0 Å². The quantitative estimate of drug-likeness (QED) is 0.313. The second-order valence-corrected chi connectivity index (χ2v) is 9.63. The van der Waals surface area contributed by atoms with Crippen molar-refractivity contribution in [2.75, 3.05) is 5.32 Å². The molecule has 0 aliphatic carbocycles. The van der Waals surface area contributed by atoms with Crippen LogP contribution in [0.2, 0.25) is 0 Å². The molecule has 0 aliphatic heterocycles. The van der Waals surface area contributed by atoms with Crippen LogP contribution in [-0.4, -0.2) is 15.0 Å². The lowest BCUT2D eigenvalue weighted by Gasteiger charge is -2.08. The highest BCUT2D eigenvalue weighted by Crippen LogP contribution is 2.38. The molecule has 0 bridgehead atoms. The highest BCUT2D eigenvalue weighted by Gasteiger charge is 2.15. The summed E-state index contributed by atoms with van der Waals surface area (Å²) in [7, 11) is 0. The number of fused-ring (bicyclic) bond motifs is 1. The zero-order valence-corrected chi connectivity index (χ0v) is 18.4. The maximum absolute atomic E-state index is 4.73. The van der Waals surface area contributed by atoms with Crippen molar-refractivity contribution in [2.24, 2.45) is 0 Å². The Morgan fingerprint density at radius 1 is 0.931 bits per heavy atom. The minimum atomic E-state index is 0.520. The largest absolute Gasteiger partial charge is 0.316 e. The van der Waals surface area contributed by atoms with Gasteiger partial charge in [-0.3, -0.25) is 0 Å². The van der Waals surface area contributed by atoms with E-state index in [1.165, 1.54) is 16.0 Å². The Labute approximate surface area is 181 Å². The van der Waals surface area contributed by atoms with E-state index >= 15 is 0 Å². The van der Waals surface area contributed by atoms with Gasteiger partial charge in [0.15, 0.2) is 5.13 Å². The first-order valence-corrected chi connectivity index (χ1v) is 11.9. The van der Waals surface area contributed by atoms with E-state index in [2.05, 4.69) is 75.6 Å². The van der Waals surface area contributed by atoms with E-state index in [4.69, 9.17) is 4.98 Å². The molecule has 1 N–H and O–H groups in total. The third-order valence-electron chi connectivity index (χ3n) is 4.76. The molecule has 0 spiro atoms. The Balaban J connectivity index is 1.52. The van der Waals surface area contributed by atoms with Gasteiger partial charge in [-0.15, -0.1) is 34.0 Å². The maximum Gasteiger partial charge on any atom is 0.188 e. The molecule has 0 aliphatic rings. The van der Waals surface area contributed by atoms with Crippen molar-refractivity contribution in [1.29, 1.82) is 0 Å². The van der Waals surface area contributed by atoms with Gasteiger partial charge in [0.1, 0.15) is 17.0 Å². The molecule has 144 valence electrons. The van der Waals surface area contributed by atoms with E-state index in [0.29, 0.717) is 5.92 Å². The van der Waals surface area contributed by atoms with Crippen LogP contribution in [0.1, 0.15) is 25.3 Å². The Kier molecular flexibility index (Phi) is 4.87. The van der Waals surface area contributed by atoms with Crippen molar-refractivity contribution in [3.8, 4) is 21.7 Å². The molecular formula is C22H18N4S3. The predicted octanol–water partition coefficient (Wildman–Crippen LogP) is 7.41.